The van der Waals surface area contributed by atoms with Crippen molar-refractivity contribution in [1.82, 2.24) is 0 Å². The smallest absolute Gasteiger partial charge is 0.147 e. The molecule has 0 amide bonds. The molecule has 9 aromatic rings. The second-order valence-electron chi connectivity index (χ2n) is 10.2. The predicted octanol–water partition coefficient (Wildman–Crippen LogP) is 11.6. The third kappa shape index (κ3) is 3.33. The first-order valence-corrected chi connectivity index (χ1v) is 13.6. The van der Waals surface area contributed by atoms with Gasteiger partial charge in [-0.1, -0.05) is 127 Å². The zero-order valence-corrected chi connectivity index (χ0v) is 22.1. The van der Waals surface area contributed by atoms with Crippen molar-refractivity contribution < 1.29 is 19.8 Å². The van der Waals surface area contributed by atoms with Crippen molar-refractivity contribution in [1.29, 1.82) is 0 Å². The average Bonchev–Trinajstić information content (AvgIpc) is 3.76. The van der Waals surface area contributed by atoms with Gasteiger partial charge in [0.05, 0.1) is 16.4 Å². The molecule has 0 aliphatic carbocycles. The van der Waals surface area contributed by atoms with Crippen LogP contribution in [0.2, 0.25) is 0 Å². The third-order valence-corrected chi connectivity index (χ3v) is 7.91. The van der Waals surface area contributed by atoms with Crippen molar-refractivity contribution >= 4 is 54.5 Å². The monoisotopic (exact) mass is 544 g/mol. The van der Waals surface area contributed by atoms with Crippen molar-refractivity contribution in [2.45, 2.75) is 0 Å². The molecule has 0 radical (unpaired) electrons. The molecule has 0 aliphatic rings. The van der Waals surface area contributed by atoms with E-state index in [1.54, 1.807) is 30.3 Å². The lowest BCUT2D eigenvalue weighted by molar-refractivity contribution is 0.631. The Bertz CT molecular complexity index is 2810. The Hall–Kier alpha value is -5.60. The second kappa shape index (κ2) is 8.95. The minimum Gasteiger partial charge on any atom is -0.456 e. The van der Waals surface area contributed by atoms with Crippen molar-refractivity contribution in [3.05, 3.63) is 145 Å². The van der Waals surface area contributed by atoms with E-state index < -0.39 is 24.2 Å². The third-order valence-electron chi connectivity index (χ3n) is 7.91. The molecule has 0 unspecified atom stereocenters. The van der Waals surface area contributed by atoms with E-state index in [1.165, 1.54) is 0 Å². The second-order valence-corrected chi connectivity index (χ2v) is 10.2. The van der Waals surface area contributed by atoms with Crippen LogP contribution in [0, 0.1) is 0 Å². The van der Waals surface area contributed by atoms with Gasteiger partial charge in [0.1, 0.15) is 22.5 Å². The Morgan fingerprint density at radius 2 is 1.02 bits per heavy atom. The van der Waals surface area contributed by atoms with E-state index in [-0.39, 0.29) is 51.3 Å². The molecule has 196 valence electrons. The lowest BCUT2D eigenvalue weighted by Crippen LogP contribution is -1.91. The molecule has 0 bridgehead atoms. The Balaban J connectivity index is 1.60. The molecular weight excluding hydrogens is 512 g/mol. The molecule has 0 N–H and O–H groups in total. The van der Waals surface area contributed by atoms with Crippen LogP contribution in [0.1, 0.15) is 11.0 Å². The molecule has 7 aromatic carbocycles. The first kappa shape index (κ1) is 16.6. The molecule has 0 saturated heterocycles. The van der Waals surface area contributed by atoms with Gasteiger partial charge in [-0.15, -0.1) is 0 Å². The molecule has 0 saturated carbocycles. The van der Waals surface area contributed by atoms with Crippen LogP contribution in [0.4, 0.5) is 0 Å². The molecule has 2 nitrogen and oxygen atoms in total. The molecule has 2 aromatic heterocycles. The lowest BCUT2D eigenvalue weighted by Gasteiger charge is -2.18. The SMILES string of the molecule is [2H]c1c([2H])c([2H])c2c(-c3cc4oc(-c5ccccc5)cc4c4oc5ccccc5c34)c3c([2H])c([2H])c([2H])c([2H])c3c(-c3ccccc3)c2c1[2H]. The predicted molar refractivity (Wildman–Crippen MR) is 175 cm³/mol. The van der Waals surface area contributed by atoms with Crippen LogP contribution >= 0.6 is 0 Å². The lowest BCUT2D eigenvalue weighted by atomic mass is 9.84. The largest absolute Gasteiger partial charge is 0.456 e. The van der Waals surface area contributed by atoms with Gasteiger partial charge in [-0.25, -0.2) is 0 Å². The maximum atomic E-state index is 9.35. The van der Waals surface area contributed by atoms with Crippen LogP contribution in [0.25, 0.3) is 88.0 Å². The van der Waals surface area contributed by atoms with E-state index in [0.29, 0.717) is 50.0 Å². The number of fused-ring (bicyclic) bond motifs is 7. The highest BCUT2D eigenvalue weighted by Gasteiger charge is 2.23. The van der Waals surface area contributed by atoms with E-state index in [9.17, 15) is 5.48 Å². The van der Waals surface area contributed by atoms with Gasteiger partial charge in [-0.2, -0.15) is 0 Å². The fraction of sp³-hybridized carbons (Fsp3) is 0. The molecule has 0 spiro atoms. The minimum atomic E-state index is -0.457. The molecule has 42 heavy (non-hydrogen) atoms. The molecule has 2 heteroatoms. The van der Waals surface area contributed by atoms with E-state index in [2.05, 4.69) is 0 Å². The maximum absolute atomic E-state index is 9.35. The number of para-hydroxylation sites is 1. The summed E-state index contributed by atoms with van der Waals surface area (Å²) in [6.07, 6.45) is 0. The molecule has 9 rings (SSSR count). The van der Waals surface area contributed by atoms with Gasteiger partial charge in [0, 0.05) is 16.3 Å². The van der Waals surface area contributed by atoms with Gasteiger partial charge in [0.15, 0.2) is 0 Å². The summed E-state index contributed by atoms with van der Waals surface area (Å²) < 4.78 is 85.2. The topological polar surface area (TPSA) is 26.3 Å². The summed E-state index contributed by atoms with van der Waals surface area (Å²) >= 11 is 0. The standard InChI is InChI=1S/C40H24O2/c1-3-13-25(14-4-1)35-23-32-36(41-35)24-33(39-31-21-11-12-22-34(31)42-40(32)39)38-29-19-9-7-17-27(29)37(26-15-5-2-6-16-26)28-18-8-10-20-30(28)38/h1-24H/i7D,8D,9D,10D,17D,18D,19D,20D. The summed E-state index contributed by atoms with van der Waals surface area (Å²) in [5.41, 5.74) is 3.91. The first-order valence-electron chi connectivity index (χ1n) is 17.6. The van der Waals surface area contributed by atoms with Gasteiger partial charge in [0.2, 0.25) is 0 Å². The minimum absolute atomic E-state index is 0.133. The van der Waals surface area contributed by atoms with Crippen LogP contribution in [0.15, 0.2) is 154 Å². The fourth-order valence-corrected chi connectivity index (χ4v) is 6.13. The van der Waals surface area contributed by atoms with E-state index in [4.69, 9.17) is 14.3 Å². The summed E-state index contributed by atoms with van der Waals surface area (Å²) in [4.78, 5) is 0. The number of hydrogen-bond acceptors (Lipinski definition) is 2. The normalized spacial score (nSPS) is 14.5. The number of furan rings is 2. The highest BCUT2D eigenvalue weighted by atomic mass is 16.3. The van der Waals surface area contributed by atoms with Crippen LogP contribution in [-0.4, -0.2) is 0 Å². The molecule has 0 fully saturated rings. The molecular formula is C40H24O2. The summed E-state index contributed by atoms with van der Waals surface area (Å²) in [5.74, 6) is 0.595. The number of benzene rings is 7. The highest BCUT2D eigenvalue weighted by Crippen LogP contribution is 2.49. The molecule has 2 heterocycles. The summed E-state index contributed by atoms with van der Waals surface area (Å²) in [6, 6.07) is 26.7. The Kier molecular flexibility index (Phi) is 3.54. The zero-order chi connectivity index (χ0) is 34.6. The van der Waals surface area contributed by atoms with Crippen LogP contribution in [-0.2, 0) is 0 Å². The van der Waals surface area contributed by atoms with Crippen LogP contribution in [0.3, 0.4) is 0 Å². The van der Waals surface area contributed by atoms with Crippen molar-refractivity contribution in [2.24, 2.45) is 0 Å². The zero-order valence-electron chi connectivity index (χ0n) is 30.1. The first-order chi connectivity index (χ1) is 24.2. The maximum Gasteiger partial charge on any atom is 0.147 e. The fourth-order valence-electron chi connectivity index (χ4n) is 6.13. The van der Waals surface area contributed by atoms with Crippen LogP contribution < -0.4 is 0 Å². The highest BCUT2D eigenvalue weighted by molar-refractivity contribution is 6.28. The van der Waals surface area contributed by atoms with Gasteiger partial charge < -0.3 is 8.83 Å². The van der Waals surface area contributed by atoms with E-state index >= 15 is 0 Å². The van der Waals surface area contributed by atoms with Gasteiger partial charge in [0.25, 0.3) is 0 Å². The molecule has 0 aliphatic heterocycles. The summed E-state index contributed by atoms with van der Waals surface area (Å²) in [7, 11) is 0. The Labute approximate surface area is 253 Å². The number of rotatable bonds is 3. The van der Waals surface area contributed by atoms with Gasteiger partial charge in [-0.3, -0.25) is 0 Å². The molecule has 0 atom stereocenters. The Morgan fingerprint density at radius 1 is 0.452 bits per heavy atom. The van der Waals surface area contributed by atoms with Crippen molar-refractivity contribution in [3.63, 3.8) is 0 Å². The van der Waals surface area contributed by atoms with Crippen LogP contribution in [0.5, 0.6) is 0 Å². The van der Waals surface area contributed by atoms with Gasteiger partial charge in [-0.05, 0) is 62.0 Å². The van der Waals surface area contributed by atoms with Gasteiger partial charge >= 0.3 is 0 Å². The van der Waals surface area contributed by atoms with E-state index in [1.807, 2.05) is 66.7 Å². The average molecular weight is 545 g/mol. The van der Waals surface area contributed by atoms with Crippen molar-refractivity contribution in [3.8, 4) is 33.6 Å². The summed E-state index contributed by atoms with van der Waals surface area (Å²) in [5, 5.41) is 2.62. The quantitative estimate of drug-likeness (QED) is 0.207. The summed E-state index contributed by atoms with van der Waals surface area (Å²) in [6.45, 7) is 0. The van der Waals surface area contributed by atoms with Crippen molar-refractivity contribution in [2.75, 3.05) is 0 Å². The van der Waals surface area contributed by atoms with E-state index in [0.717, 1.165) is 10.9 Å². The number of hydrogen-bond donors (Lipinski definition) is 0. The Morgan fingerprint density at radius 3 is 1.69 bits per heavy atom.